The Balaban J connectivity index is 1.64. The van der Waals surface area contributed by atoms with E-state index in [9.17, 15) is 9.59 Å². The molecular formula is C18H26N2O3S. The highest BCUT2D eigenvalue weighted by atomic mass is 32.1. The summed E-state index contributed by atoms with van der Waals surface area (Å²) in [6.45, 7) is 6.08. The number of thiophene rings is 1. The van der Waals surface area contributed by atoms with Crippen molar-refractivity contribution in [1.82, 2.24) is 10.2 Å². The molecule has 2 amide bonds. The van der Waals surface area contributed by atoms with Gasteiger partial charge in [0, 0.05) is 24.6 Å². The first-order valence-corrected chi connectivity index (χ1v) is 9.74. The lowest BCUT2D eigenvalue weighted by molar-refractivity contribution is -0.140. The van der Waals surface area contributed by atoms with Gasteiger partial charge in [0.1, 0.15) is 12.1 Å². The predicted molar refractivity (Wildman–Crippen MR) is 93.8 cm³/mol. The number of carbonyl (C=O) groups is 2. The number of hydrogen-bond donors (Lipinski definition) is 1. The highest BCUT2D eigenvalue weighted by Crippen LogP contribution is 2.25. The van der Waals surface area contributed by atoms with E-state index in [0.29, 0.717) is 19.6 Å². The fraction of sp³-hybridized carbons (Fsp3) is 0.667. The standard InChI is InChI=1S/C18H26N2O3S/c1-3-4-14(19-17(21)16-12(2)6-9-23-16)18(22)20-8-5-15-13(11-20)7-10-24-15/h7,10,12,14,16H,3-6,8-9,11H2,1-2H3,(H,19,21)/t12-,14+,16-/m1/s1. The second kappa shape index (κ2) is 7.66. The Kier molecular flexibility index (Phi) is 5.56. The first kappa shape index (κ1) is 17.4. The zero-order valence-electron chi connectivity index (χ0n) is 14.4. The van der Waals surface area contributed by atoms with E-state index in [1.165, 1.54) is 10.4 Å². The second-order valence-corrected chi connectivity index (χ2v) is 7.79. The molecule has 0 radical (unpaired) electrons. The van der Waals surface area contributed by atoms with Crippen molar-refractivity contribution in [2.24, 2.45) is 5.92 Å². The Bertz CT molecular complexity index is 601. The summed E-state index contributed by atoms with van der Waals surface area (Å²) < 4.78 is 5.53. The van der Waals surface area contributed by atoms with Crippen LogP contribution in [0.4, 0.5) is 0 Å². The van der Waals surface area contributed by atoms with E-state index in [0.717, 1.165) is 25.8 Å². The SMILES string of the molecule is CCC[C@H](NC(=O)[C@@H]1OCC[C@H]1C)C(=O)N1CCc2sccc2C1. The van der Waals surface area contributed by atoms with Crippen molar-refractivity contribution in [1.29, 1.82) is 0 Å². The van der Waals surface area contributed by atoms with Crippen LogP contribution in [0.25, 0.3) is 0 Å². The summed E-state index contributed by atoms with van der Waals surface area (Å²) in [6.07, 6.45) is 2.92. The Morgan fingerprint density at radius 1 is 1.50 bits per heavy atom. The molecule has 1 N–H and O–H groups in total. The Morgan fingerprint density at radius 2 is 2.33 bits per heavy atom. The van der Waals surface area contributed by atoms with Crippen LogP contribution in [-0.4, -0.2) is 42.0 Å². The molecule has 3 rings (SSSR count). The van der Waals surface area contributed by atoms with E-state index >= 15 is 0 Å². The molecule has 0 saturated carbocycles. The molecule has 132 valence electrons. The van der Waals surface area contributed by atoms with Crippen LogP contribution in [0.3, 0.4) is 0 Å². The minimum atomic E-state index is -0.445. The summed E-state index contributed by atoms with van der Waals surface area (Å²) in [7, 11) is 0. The lowest BCUT2D eigenvalue weighted by Gasteiger charge is -2.31. The third-order valence-corrected chi connectivity index (χ3v) is 5.98. The molecule has 0 aromatic carbocycles. The predicted octanol–water partition coefficient (Wildman–Crippen LogP) is 2.34. The van der Waals surface area contributed by atoms with Gasteiger partial charge >= 0.3 is 0 Å². The Labute approximate surface area is 147 Å². The van der Waals surface area contributed by atoms with Gasteiger partial charge in [0.2, 0.25) is 11.8 Å². The molecule has 0 spiro atoms. The van der Waals surface area contributed by atoms with Gasteiger partial charge < -0.3 is 15.0 Å². The summed E-state index contributed by atoms with van der Waals surface area (Å²) >= 11 is 1.76. The lowest BCUT2D eigenvalue weighted by Crippen LogP contribution is -2.52. The van der Waals surface area contributed by atoms with Gasteiger partial charge in [-0.15, -0.1) is 11.3 Å². The molecule has 1 aromatic rings. The van der Waals surface area contributed by atoms with Crippen LogP contribution in [0.15, 0.2) is 11.4 Å². The van der Waals surface area contributed by atoms with Gasteiger partial charge in [-0.2, -0.15) is 0 Å². The average Bonchev–Trinajstić information content (AvgIpc) is 3.21. The molecule has 1 fully saturated rings. The minimum absolute atomic E-state index is 0.0349. The van der Waals surface area contributed by atoms with Crippen molar-refractivity contribution in [3.63, 3.8) is 0 Å². The topological polar surface area (TPSA) is 58.6 Å². The Morgan fingerprint density at radius 3 is 3.04 bits per heavy atom. The number of hydrogen-bond acceptors (Lipinski definition) is 4. The molecule has 3 heterocycles. The van der Waals surface area contributed by atoms with E-state index in [4.69, 9.17) is 4.74 Å². The maximum atomic E-state index is 12.9. The van der Waals surface area contributed by atoms with Gasteiger partial charge in [-0.25, -0.2) is 0 Å². The van der Waals surface area contributed by atoms with Crippen molar-refractivity contribution in [2.45, 2.75) is 58.2 Å². The fourth-order valence-corrected chi connectivity index (χ4v) is 4.38. The van der Waals surface area contributed by atoms with E-state index in [1.54, 1.807) is 11.3 Å². The van der Waals surface area contributed by atoms with Crippen LogP contribution < -0.4 is 5.32 Å². The van der Waals surface area contributed by atoms with Gasteiger partial charge in [0.25, 0.3) is 0 Å². The first-order valence-electron chi connectivity index (χ1n) is 8.86. The molecule has 0 bridgehead atoms. The number of nitrogens with zero attached hydrogens (tertiary/aromatic N) is 1. The molecule has 3 atom stereocenters. The van der Waals surface area contributed by atoms with Crippen LogP contribution in [0.5, 0.6) is 0 Å². The number of ether oxygens (including phenoxy) is 1. The first-order chi connectivity index (χ1) is 11.6. The fourth-order valence-electron chi connectivity index (χ4n) is 3.49. The van der Waals surface area contributed by atoms with Crippen molar-refractivity contribution < 1.29 is 14.3 Å². The van der Waals surface area contributed by atoms with E-state index < -0.39 is 12.1 Å². The van der Waals surface area contributed by atoms with E-state index in [1.807, 2.05) is 18.7 Å². The third-order valence-electron chi connectivity index (χ3n) is 4.96. The molecule has 2 aliphatic heterocycles. The molecule has 1 saturated heterocycles. The number of fused-ring (bicyclic) bond motifs is 1. The van der Waals surface area contributed by atoms with Gasteiger partial charge in [-0.3, -0.25) is 9.59 Å². The largest absolute Gasteiger partial charge is 0.368 e. The molecule has 24 heavy (non-hydrogen) atoms. The summed E-state index contributed by atoms with van der Waals surface area (Å²) in [5.74, 6) is 0.110. The van der Waals surface area contributed by atoms with Gasteiger partial charge in [-0.1, -0.05) is 20.3 Å². The molecule has 0 unspecified atom stereocenters. The van der Waals surface area contributed by atoms with Crippen molar-refractivity contribution in [3.8, 4) is 0 Å². The second-order valence-electron chi connectivity index (χ2n) is 6.79. The van der Waals surface area contributed by atoms with Gasteiger partial charge in [0.05, 0.1) is 0 Å². The summed E-state index contributed by atoms with van der Waals surface area (Å²) in [5, 5.41) is 5.04. The number of carbonyl (C=O) groups excluding carboxylic acids is 2. The van der Waals surface area contributed by atoms with Gasteiger partial charge in [0.15, 0.2) is 0 Å². The van der Waals surface area contributed by atoms with E-state index in [-0.39, 0.29) is 17.7 Å². The average molecular weight is 350 g/mol. The summed E-state index contributed by atoms with van der Waals surface area (Å²) in [6, 6.07) is 1.65. The molecule has 2 aliphatic rings. The van der Waals surface area contributed by atoms with Crippen molar-refractivity contribution in [3.05, 3.63) is 21.9 Å². The molecule has 5 nitrogen and oxygen atoms in total. The highest BCUT2D eigenvalue weighted by molar-refractivity contribution is 7.10. The summed E-state index contributed by atoms with van der Waals surface area (Å²) in [5.41, 5.74) is 1.24. The summed E-state index contributed by atoms with van der Waals surface area (Å²) in [4.78, 5) is 28.7. The monoisotopic (exact) mass is 350 g/mol. The zero-order valence-corrected chi connectivity index (χ0v) is 15.2. The van der Waals surface area contributed by atoms with E-state index in [2.05, 4.69) is 16.8 Å². The quantitative estimate of drug-likeness (QED) is 0.887. The van der Waals surface area contributed by atoms with Crippen LogP contribution >= 0.6 is 11.3 Å². The zero-order chi connectivity index (χ0) is 17.1. The molecule has 6 heteroatoms. The minimum Gasteiger partial charge on any atom is -0.368 e. The third kappa shape index (κ3) is 3.64. The van der Waals surface area contributed by atoms with Crippen LogP contribution in [0.1, 0.15) is 43.6 Å². The number of rotatable bonds is 5. The van der Waals surface area contributed by atoms with Gasteiger partial charge in [-0.05, 0) is 42.2 Å². The maximum absolute atomic E-state index is 12.9. The van der Waals surface area contributed by atoms with Crippen LogP contribution in [-0.2, 0) is 27.3 Å². The molecular weight excluding hydrogens is 324 g/mol. The Hall–Kier alpha value is -1.40. The van der Waals surface area contributed by atoms with Crippen LogP contribution in [0, 0.1) is 5.92 Å². The molecule has 0 aliphatic carbocycles. The smallest absolute Gasteiger partial charge is 0.250 e. The van der Waals surface area contributed by atoms with Crippen LogP contribution in [0.2, 0.25) is 0 Å². The normalized spacial score (nSPS) is 24.5. The highest BCUT2D eigenvalue weighted by Gasteiger charge is 2.34. The maximum Gasteiger partial charge on any atom is 0.250 e. The van der Waals surface area contributed by atoms with Crippen molar-refractivity contribution in [2.75, 3.05) is 13.2 Å². The lowest BCUT2D eigenvalue weighted by atomic mass is 10.0. The molecule has 1 aromatic heterocycles. The number of nitrogens with one attached hydrogen (secondary N) is 1. The number of amides is 2. The van der Waals surface area contributed by atoms with Crippen molar-refractivity contribution >= 4 is 23.2 Å².